The molecular formula is C11H24N2. The highest BCUT2D eigenvalue weighted by atomic mass is 15.2. The summed E-state index contributed by atoms with van der Waals surface area (Å²) >= 11 is 0. The van der Waals surface area contributed by atoms with Gasteiger partial charge in [0, 0.05) is 18.6 Å². The van der Waals surface area contributed by atoms with Crippen LogP contribution in [0.3, 0.4) is 0 Å². The number of nitrogens with one attached hydrogen (secondary N) is 1. The molecule has 0 aliphatic carbocycles. The van der Waals surface area contributed by atoms with Crippen LogP contribution in [-0.2, 0) is 0 Å². The van der Waals surface area contributed by atoms with E-state index in [4.69, 9.17) is 0 Å². The third-order valence-corrected chi connectivity index (χ3v) is 3.19. The smallest absolute Gasteiger partial charge is 0.0192 e. The summed E-state index contributed by atoms with van der Waals surface area (Å²) < 4.78 is 0. The van der Waals surface area contributed by atoms with E-state index in [0.29, 0.717) is 6.04 Å². The summed E-state index contributed by atoms with van der Waals surface area (Å²) in [5.74, 6) is 0. The van der Waals surface area contributed by atoms with Gasteiger partial charge in [-0.3, -0.25) is 4.90 Å². The van der Waals surface area contributed by atoms with E-state index in [1.54, 1.807) is 0 Å². The van der Waals surface area contributed by atoms with Crippen LogP contribution in [0.15, 0.2) is 0 Å². The normalized spacial score (nSPS) is 26.5. The zero-order valence-electron chi connectivity index (χ0n) is 9.34. The number of nitrogens with zero attached hydrogens (tertiary/aromatic N) is 1. The summed E-state index contributed by atoms with van der Waals surface area (Å²) in [6.45, 7) is 7.16. The lowest BCUT2D eigenvalue weighted by Crippen LogP contribution is -2.40. The summed E-state index contributed by atoms with van der Waals surface area (Å²) in [4.78, 5) is 2.62. The van der Waals surface area contributed by atoms with Gasteiger partial charge in [0.1, 0.15) is 0 Å². The molecule has 0 saturated carbocycles. The molecule has 1 N–H and O–H groups in total. The summed E-state index contributed by atoms with van der Waals surface area (Å²) in [6, 6.07) is 1.51. The second kappa shape index (κ2) is 5.61. The van der Waals surface area contributed by atoms with Crippen molar-refractivity contribution in [2.75, 3.05) is 20.1 Å². The van der Waals surface area contributed by atoms with Crippen LogP contribution >= 0.6 is 0 Å². The molecule has 0 bridgehead atoms. The number of hydrogen-bond donors (Lipinski definition) is 1. The molecule has 0 spiro atoms. The summed E-state index contributed by atoms with van der Waals surface area (Å²) in [7, 11) is 2.08. The van der Waals surface area contributed by atoms with E-state index >= 15 is 0 Å². The maximum absolute atomic E-state index is 3.41. The van der Waals surface area contributed by atoms with Crippen molar-refractivity contribution in [2.45, 2.75) is 51.6 Å². The lowest BCUT2D eigenvalue weighted by Gasteiger charge is -2.26. The Labute approximate surface area is 82.7 Å². The van der Waals surface area contributed by atoms with Crippen molar-refractivity contribution in [3.63, 3.8) is 0 Å². The minimum absolute atomic E-state index is 0.700. The first-order chi connectivity index (χ1) is 6.27. The van der Waals surface area contributed by atoms with Gasteiger partial charge in [-0.15, -0.1) is 0 Å². The van der Waals surface area contributed by atoms with Gasteiger partial charge >= 0.3 is 0 Å². The Morgan fingerprint density at radius 3 is 2.77 bits per heavy atom. The molecule has 2 atom stereocenters. The van der Waals surface area contributed by atoms with Gasteiger partial charge in [0.05, 0.1) is 0 Å². The number of likely N-dealkylation sites (N-methyl/N-ethyl adjacent to an activating group) is 1. The fourth-order valence-corrected chi connectivity index (χ4v) is 2.22. The second-order valence-electron chi connectivity index (χ2n) is 4.26. The van der Waals surface area contributed by atoms with Crippen molar-refractivity contribution >= 4 is 0 Å². The molecule has 0 aromatic carbocycles. The zero-order valence-corrected chi connectivity index (χ0v) is 9.34. The third kappa shape index (κ3) is 3.28. The number of hydrogen-bond acceptors (Lipinski definition) is 2. The lowest BCUT2D eigenvalue weighted by atomic mass is 10.1. The van der Waals surface area contributed by atoms with Crippen LogP contribution in [-0.4, -0.2) is 37.1 Å². The zero-order chi connectivity index (χ0) is 9.68. The van der Waals surface area contributed by atoms with E-state index in [2.05, 4.69) is 31.1 Å². The van der Waals surface area contributed by atoms with Gasteiger partial charge in [0.25, 0.3) is 0 Å². The van der Waals surface area contributed by atoms with Gasteiger partial charge in [0.15, 0.2) is 0 Å². The molecule has 1 rings (SSSR count). The van der Waals surface area contributed by atoms with Crippen molar-refractivity contribution in [3.05, 3.63) is 0 Å². The number of rotatable bonds is 5. The molecule has 13 heavy (non-hydrogen) atoms. The van der Waals surface area contributed by atoms with Crippen molar-refractivity contribution < 1.29 is 0 Å². The Kier molecular flexibility index (Phi) is 4.74. The molecule has 1 aliphatic rings. The largest absolute Gasteiger partial charge is 0.316 e. The van der Waals surface area contributed by atoms with Crippen LogP contribution in [0.25, 0.3) is 0 Å². The van der Waals surface area contributed by atoms with Crippen LogP contribution in [0.2, 0.25) is 0 Å². The van der Waals surface area contributed by atoms with Crippen molar-refractivity contribution in [3.8, 4) is 0 Å². The molecule has 1 fully saturated rings. The lowest BCUT2D eigenvalue weighted by molar-refractivity contribution is 0.235. The first-order valence-electron chi connectivity index (χ1n) is 5.69. The second-order valence-corrected chi connectivity index (χ2v) is 4.26. The van der Waals surface area contributed by atoms with E-state index < -0.39 is 0 Å². The molecule has 0 amide bonds. The molecule has 2 unspecified atom stereocenters. The molecule has 0 radical (unpaired) electrons. The summed E-state index contributed by atoms with van der Waals surface area (Å²) in [5, 5.41) is 3.41. The van der Waals surface area contributed by atoms with Gasteiger partial charge < -0.3 is 5.32 Å². The van der Waals surface area contributed by atoms with E-state index in [1.807, 2.05) is 0 Å². The molecule has 2 nitrogen and oxygen atoms in total. The Bertz CT molecular complexity index is 136. The molecule has 1 heterocycles. The standard InChI is InChI=1S/C11H24N2/c1-4-6-11(12-3)9-13-8-5-7-10(13)2/h10-12H,4-9H2,1-3H3. The molecule has 1 saturated heterocycles. The van der Waals surface area contributed by atoms with Gasteiger partial charge in [0.2, 0.25) is 0 Å². The topological polar surface area (TPSA) is 15.3 Å². The Hall–Kier alpha value is -0.0800. The van der Waals surface area contributed by atoms with Crippen LogP contribution in [0.5, 0.6) is 0 Å². The molecule has 2 heteroatoms. The monoisotopic (exact) mass is 184 g/mol. The number of likely N-dealkylation sites (tertiary alicyclic amines) is 1. The van der Waals surface area contributed by atoms with Crippen molar-refractivity contribution in [1.29, 1.82) is 0 Å². The summed E-state index contributed by atoms with van der Waals surface area (Å²) in [6.07, 6.45) is 5.37. The highest BCUT2D eigenvalue weighted by Crippen LogP contribution is 2.17. The van der Waals surface area contributed by atoms with Crippen LogP contribution in [0.4, 0.5) is 0 Å². The fourth-order valence-electron chi connectivity index (χ4n) is 2.22. The van der Waals surface area contributed by atoms with Crippen LogP contribution in [0.1, 0.15) is 39.5 Å². The predicted molar refractivity (Wildman–Crippen MR) is 58.0 cm³/mol. The Balaban J connectivity index is 2.27. The van der Waals surface area contributed by atoms with Gasteiger partial charge in [-0.1, -0.05) is 13.3 Å². The van der Waals surface area contributed by atoms with Gasteiger partial charge in [-0.25, -0.2) is 0 Å². The maximum Gasteiger partial charge on any atom is 0.0192 e. The van der Waals surface area contributed by atoms with Crippen LogP contribution in [0, 0.1) is 0 Å². The predicted octanol–water partition coefficient (Wildman–Crippen LogP) is 1.86. The molecule has 0 aromatic rings. The highest BCUT2D eigenvalue weighted by molar-refractivity contribution is 4.79. The molecular weight excluding hydrogens is 160 g/mol. The molecule has 78 valence electrons. The average molecular weight is 184 g/mol. The summed E-state index contributed by atoms with van der Waals surface area (Å²) in [5.41, 5.74) is 0. The van der Waals surface area contributed by atoms with E-state index in [9.17, 15) is 0 Å². The minimum atomic E-state index is 0.700. The van der Waals surface area contributed by atoms with Crippen molar-refractivity contribution in [2.24, 2.45) is 0 Å². The fraction of sp³-hybridized carbons (Fsp3) is 1.00. The Morgan fingerprint density at radius 1 is 1.54 bits per heavy atom. The van der Waals surface area contributed by atoms with E-state index in [-0.39, 0.29) is 0 Å². The first kappa shape index (κ1) is 11.0. The third-order valence-electron chi connectivity index (χ3n) is 3.19. The quantitative estimate of drug-likeness (QED) is 0.701. The SMILES string of the molecule is CCCC(CN1CCCC1C)NC. The van der Waals surface area contributed by atoms with E-state index in [0.717, 1.165) is 6.04 Å². The van der Waals surface area contributed by atoms with Crippen LogP contribution < -0.4 is 5.32 Å². The van der Waals surface area contributed by atoms with Gasteiger partial charge in [-0.2, -0.15) is 0 Å². The van der Waals surface area contributed by atoms with E-state index in [1.165, 1.54) is 38.8 Å². The van der Waals surface area contributed by atoms with Gasteiger partial charge in [-0.05, 0) is 39.8 Å². The first-order valence-corrected chi connectivity index (χ1v) is 5.69. The van der Waals surface area contributed by atoms with Crippen molar-refractivity contribution in [1.82, 2.24) is 10.2 Å². The molecule has 1 aliphatic heterocycles. The Morgan fingerprint density at radius 2 is 2.31 bits per heavy atom. The maximum atomic E-state index is 3.41. The molecule has 0 aromatic heterocycles. The average Bonchev–Trinajstić information content (AvgIpc) is 2.51. The highest BCUT2D eigenvalue weighted by Gasteiger charge is 2.22. The minimum Gasteiger partial charge on any atom is -0.316 e.